The van der Waals surface area contributed by atoms with E-state index in [1.165, 1.54) is 18.9 Å². The molecule has 2 heteroatoms. The predicted octanol–water partition coefficient (Wildman–Crippen LogP) is 2.76. The highest BCUT2D eigenvalue weighted by atomic mass is 19.1. The minimum absolute atomic E-state index is 0.119. The first-order valence-corrected chi connectivity index (χ1v) is 5.69. The van der Waals surface area contributed by atoms with Crippen molar-refractivity contribution in [1.82, 2.24) is 5.32 Å². The van der Waals surface area contributed by atoms with Crippen LogP contribution in [0, 0.1) is 11.2 Å². The van der Waals surface area contributed by atoms with Crippen molar-refractivity contribution in [3.8, 4) is 0 Å². The van der Waals surface area contributed by atoms with Gasteiger partial charge >= 0.3 is 0 Å². The SMILES string of the molecule is CCCC1(Cc2cccc(F)c2)CNC1. The molecule has 1 N–H and O–H groups in total. The third kappa shape index (κ3) is 2.37. The summed E-state index contributed by atoms with van der Waals surface area (Å²) < 4.78 is 13.0. The van der Waals surface area contributed by atoms with Gasteiger partial charge < -0.3 is 5.32 Å². The Labute approximate surface area is 90.7 Å². The van der Waals surface area contributed by atoms with Crippen molar-refractivity contribution in [2.24, 2.45) is 5.41 Å². The van der Waals surface area contributed by atoms with Gasteiger partial charge in [0.25, 0.3) is 0 Å². The van der Waals surface area contributed by atoms with E-state index in [0.29, 0.717) is 5.41 Å². The molecule has 1 aliphatic rings. The Kier molecular flexibility index (Phi) is 3.06. The summed E-state index contributed by atoms with van der Waals surface area (Å²) >= 11 is 0. The maximum atomic E-state index is 13.0. The number of halogens is 1. The van der Waals surface area contributed by atoms with Gasteiger partial charge in [-0.05, 0) is 36.0 Å². The quantitative estimate of drug-likeness (QED) is 0.800. The van der Waals surface area contributed by atoms with Crippen LogP contribution in [0.1, 0.15) is 25.3 Å². The van der Waals surface area contributed by atoms with E-state index < -0.39 is 0 Å². The molecule has 0 atom stereocenters. The number of hydrogen-bond donors (Lipinski definition) is 1. The van der Waals surface area contributed by atoms with Crippen molar-refractivity contribution < 1.29 is 4.39 Å². The first-order chi connectivity index (χ1) is 7.24. The Hall–Kier alpha value is -0.890. The zero-order chi connectivity index (χ0) is 10.7. The molecule has 1 aliphatic heterocycles. The maximum Gasteiger partial charge on any atom is 0.123 e. The monoisotopic (exact) mass is 207 g/mol. The van der Waals surface area contributed by atoms with E-state index in [1.807, 2.05) is 6.07 Å². The molecule has 0 amide bonds. The Morgan fingerprint density at radius 2 is 2.20 bits per heavy atom. The molecular formula is C13H18FN. The molecule has 1 aromatic carbocycles. The molecule has 15 heavy (non-hydrogen) atoms. The zero-order valence-electron chi connectivity index (χ0n) is 9.22. The van der Waals surface area contributed by atoms with Crippen molar-refractivity contribution >= 4 is 0 Å². The average molecular weight is 207 g/mol. The van der Waals surface area contributed by atoms with Gasteiger partial charge in [0.15, 0.2) is 0 Å². The summed E-state index contributed by atoms with van der Waals surface area (Å²) in [7, 11) is 0. The molecule has 1 aromatic rings. The van der Waals surface area contributed by atoms with Crippen molar-refractivity contribution in [3.63, 3.8) is 0 Å². The van der Waals surface area contributed by atoms with Crippen LogP contribution in [0.3, 0.4) is 0 Å². The number of hydrogen-bond acceptors (Lipinski definition) is 1. The summed E-state index contributed by atoms with van der Waals surface area (Å²) in [5, 5.41) is 3.33. The van der Waals surface area contributed by atoms with Crippen LogP contribution in [0.4, 0.5) is 4.39 Å². The minimum Gasteiger partial charge on any atom is -0.316 e. The standard InChI is InChI=1S/C13H18FN/c1-2-6-13(9-15-10-13)8-11-4-3-5-12(14)7-11/h3-5,7,15H,2,6,8-10H2,1H3. The molecule has 0 aromatic heterocycles. The fourth-order valence-electron chi connectivity index (χ4n) is 2.48. The number of benzene rings is 1. The maximum absolute atomic E-state index is 13.0. The molecule has 0 unspecified atom stereocenters. The number of rotatable bonds is 4. The fraction of sp³-hybridized carbons (Fsp3) is 0.538. The van der Waals surface area contributed by atoms with Crippen molar-refractivity contribution in [1.29, 1.82) is 0 Å². The normalized spacial score (nSPS) is 18.5. The second kappa shape index (κ2) is 4.31. The highest BCUT2D eigenvalue weighted by Crippen LogP contribution is 2.32. The molecule has 1 nitrogen and oxygen atoms in total. The van der Waals surface area contributed by atoms with Gasteiger partial charge in [-0.15, -0.1) is 0 Å². The molecule has 1 fully saturated rings. The largest absolute Gasteiger partial charge is 0.316 e. The molecule has 2 rings (SSSR count). The van der Waals surface area contributed by atoms with Gasteiger partial charge in [0.1, 0.15) is 5.82 Å². The predicted molar refractivity (Wildman–Crippen MR) is 60.3 cm³/mol. The lowest BCUT2D eigenvalue weighted by molar-refractivity contribution is 0.150. The summed E-state index contributed by atoms with van der Waals surface area (Å²) in [6, 6.07) is 7.00. The topological polar surface area (TPSA) is 12.0 Å². The van der Waals surface area contributed by atoms with Gasteiger partial charge in [0.2, 0.25) is 0 Å². The van der Waals surface area contributed by atoms with Gasteiger partial charge in [0.05, 0.1) is 0 Å². The van der Waals surface area contributed by atoms with Gasteiger partial charge in [-0.3, -0.25) is 0 Å². The van der Waals surface area contributed by atoms with Crippen LogP contribution in [-0.2, 0) is 6.42 Å². The Morgan fingerprint density at radius 3 is 2.73 bits per heavy atom. The van der Waals surface area contributed by atoms with E-state index in [0.717, 1.165) is 25.1 Å². The van der Waals surface area contributed by atoms with E-state index in [-0.39, 0.29) is 5.82 Å². The summed E-state index contributed by atoms with van der Waals surface area (Å²) in [5.41, 5.74) is 1.52. The van der Waals surface area contributed by atoms with Gasteiger partial charge in [0, 0.05) is 13.1 Å². The minimum atomic E-state index is -0.119. The molecule has 0 bridgehead atoms. The van der Waals surface area contributed by atoms with E-state index in [4.69, 9.17) is 0 Å². The molecule has 0 radical (unpaired) electrons. The Balaban J connectivity index is 2.06. The van der Waals surface area contributed by atoms with Crippen LogP contribution in [0.2, 0.25) is 0 Å². The van der Waals surface area contributed by atoms with Crippen LogP contribution >= 0.6 is 0 Å². The highest BCUT2D eigenvalue weighted by Gasteiger charge is 2.35. The van der Waals surface area contributed by atoms with E-state index in [2.05, 4.69) is 12.2 Å². The van der Waals surface area contributed by atoms with Crippen LogP contribution in [0.25, 0.3) is 0 Å². The van der Waals surface area contributed by atoms with Gasteiger partial charge in [-0.1, -0.05) is 25.5 Å². The van der Waals surface area contributed by atoms with Gasteiger partial charge in [-0.2, -0.15) is 0 Å². The molecule has 1 saturated heterocycles. The van der Waals surface area contributed by atoms with Gasteiger partial charge in [-0.25, -0.2) is 4.39 Å². The summed E-state index contributed by atoms with van der Waals surface area (Å²) in [5.74, 6) is -0.119. The third-order valence-electron chi connectivity index (χ3n) is 3.25. The molecular weight excluding hydrogens is 189 g/mol. The first kappa shape index (κ1) is 10.6. The molecule has 82 valence electrons. The number of nitrogens with one attached hydrogen (secondary N) is 1. The fourth-order valence-corrected chi connectivity index (χ4v) is 2.48. The lowest BCUT2D eigenvalue weighted by Gasteiger charge is -2.43. The lowest BCUT2D eigenvalue weighted by atomic mass is 9.73. The first-order valence-electron chi connectivity index (χ1n) is 5.69. The Bertz CT molecular complexity index is 331. The summed E-state index contributed by atoms with van der Waals surface area (Å²) in [4.78, 5) is 0. The van der Waals surface area contributed by atoms with Crippen LogP contribution in [0.5, 0.6) is 0 Å². The second-order valence-electron chi connectivity index (χ2n) is 4.66. The van der Waals surface area contributed by atoms with Crippen LogP contribution in [0.15, 0.2) is 24.3 Å². The molecule has 0 saturated carbocycles. The zero-order valence-corrected chi connectivity index (χ0v) is 9.22. The second-order valence-corrected chi connectivity index (χ2v) is 4.66. The van der Waals surface area contributed by atoms with Crippen molar-refractivity contribution in [2.45, 2.75) is 26.2 Å². The van der Waals surface area contributed by atoms with E-state index >= 15 is 0 Å². The molecule has 0 aliphatic carbocycles. The summed E-state index contributed by atoms with van der Waals surface area (Å²) in [6.07, 6.45) is 3.44. The smallest absolute Gasteiger partial charge is 0.123 e. The molecule has 0 spiro atoms. The third-order valence-corrected chi connectivity index (χ3v) is 3.25. The average Bonchev–Trinajstić information content (AvgIpc) is 2.15. The molecule has 1 heterocycles. The van der Waals surface area contributed by atoms with E-state index in [1.54, 1.807) is 12.1 Å². The lowest BCUT2D eigenvalue weighted by Crippen LogP contribution is -2.54. The van der Waals surface area contributed by atoms with Crippen LogP contribution in [-0.4, -0.2) is 13.1 Å². The van der Waals surface area contributed by atoms with Crippen molar-refractivity contribution in [2.75, 3.05) is 13.1 Å². The highest BCUT2D eigenvalue weighted by molar-refractivity contribution is 5.19. The van der Waals surface area contributed by atoms with E-state index in [9.17, 15) is 4.39 Å². The summed E-state index contributed by atoms with van der Waals surface area (Å²) in [6.45, 7) is 4.38. The van der Waals surface area contributed by atoms with Crippen molar-refractivity contribution in [3.05, 3.63) is 35.6 Å². The Morgan fingerprint density at radius 1 is 1.40 bits per heavy atom. The van der Waals surface area contributed by atoms with Crippen LogP contribution < -0.4 is 5.32 Å².